The number of thiophene rings is 2. The summed E-state index contributed by atoms with van der Waals surface area (Å²) in [6.07, 6.45) is 1.04. The molecule has 0 aliphatic carbocycles. The van der Waals surface area contributed by atoms with E-state index in [0.717, 1.165) is 11.3 Å². The number of amides is 1. The van der Waals surface area contributed by atoms with Crippen molar-refractivity contribution in [3.05, 3.63) is 44.3 Å². The van der Waals surface area contributed by atoms with Gasteiger partial charge in [-0.3, -0.25) is 14.4 Å². The lowest BCUT2D eigenvalue weighted by molar-refractivity contribution is -0.146. The van der Waals surface area contributed by atoms with Crippen LogP contribution in [-0.2, 0) is 27.3 Å². The van der Waals surface area contributed by atoms with Gasteiger partial charge in [0.1, 0.15) is 0 Å². The molecular formula is C18H21NO4S2. The SMILES string of the molecule is CC(=O)NCc1ccc(C(=O)C(C)OC(=O)CCCc2cccs2)s1. The van der Waals surface area contributed by atoms with Gasteiger partial charge < -0.3 is 10.1 Å². The molecule has 1 atom stereocenters. The molecule has 0 spiro atoms. The lowest BCUT2D eigenvalue weighted by atomic mass is 10.2. The summed E-state index contributed by atoms with van der Waals surface area (Å²) in [6.45, 7) is 3.43. The van der Waals surface area contributed by atoms with Crippen molar-refractivity contribution in [2.24, 2.45) is 0 Å². The summed E-state index contributed by atoms with van der Waals surface area (Å²) in [5.74, 6) is -0.691. The molecule has 2 heterocycles. The van der Waals surface area contributed by atoms with Crippen LogP contribution in [0.25, 0.3) is 0 Å². The van der Waals surface area contributed by atoms with Crippen molar-refractivity contribution in [2.45, 2.75) is 45.8 Å². The number of carbonyl (C=O) groups is 3. The second-order valence-electron chi connectivity index (χ2n) is 5.60. The van der Waals surface area contributed by atoms with Crippen LogP contribution in [-0.4, -0.2) is 23.8 Å². The second kappa shape index (κ2) is 9.48. The Balaban J connectivity index is 1.77. The smallest absolute Gasteiger partial charge is 0.306 e. The van der Waals surface area contributed by atoms with Crippen LogP contribution in [0.3, 0.4) is 0 Å². The van der Waals surface area contributed by atoms with Gasteiger partial charge in [-0.1, -0.05) is 6.07 Å². The standard InChI is InChI=1S/C18H21NO4S2/c1-12(23-17(21)7-3-5-14-6-4-10-24-14)18(22)16-9-8-15(25-16)11-19-13(2)20/h4,6,8-10,12H,3,5,7,11H2,1-2H3,(H,19,20). The van der Waals surface area contributed by atoms with Crippen LogP contribution in [0.5, 0.6) is 0 Å². The summed E-state index contributed by atoms with van der Waals surface area (Å²) in [4.78, 5) is 37.8. The Morgan fingerprint density at radius 1 is 1.20 bits per heavy atom. The fraction of sp³-hybridized carbons (Fsp3) is 0.389. The van der Waals surface area contributed by atoms with Gasteiger partial charge in [-0.15, -0.1) is 22.7 Å². The molecule has 1 N–H and O–H groups in total. The van der Waals surface area contributed by atoms with Crippen molar-refractivity contribution in [2.75, 3.05) is 0 Å². The third kappa shape index (κ3) is 6.43. The van der Waals surface area contributed by atoms with Crippen LogP contribution in [0.1, 0.15) is 46.1 Å². The van der Waals surface area contributed by atoms with Crippen LogP contribution >= 0.6 is 22.7 Å². The van der Waals surface area contributed by atoms with E-state index in [-0.39, 0.29) is 17.7 Å². The number of aryl methyl sites for hydroxylation is 1. The first-order valence-electron chi connectivity index (χ1n) is 8.05. The number of nitrogens with one attached hydrogen (secondary N) is 1. The number of ether oxygens (including phenoxy) is 1. The number of carbonyl (C=O) groups excluding carboxylic acids is 3. The minimum absolute atomic E-state index is 0.119. The van der Waals surface area contributed by atoms with Gasteiger partial charge in [-0.2, -0.15) is 0 Å². The molecule has 0 fully saturated rings. The van der Waals surface area contributed by atoms with Crippen molar-refractivity contribution in [3.63, 3.8) is 0 Å². The van der Waals surface area contributed by atoms with E-state index < -0.39 is 6.10 Å². The maximum atomic E-state index is 12.3. The van der Waals surface area contributed by atoms with Crippen molar-refractivity contribution >= 4 is 40.3 Å². The number of ketones is 1. The third-order valence-corrected chi connectivity index (χ3v) is 5.51. The molecule has 1 unspecified atom stereocenters. The quantitative estimate of drug-likeness (QED) is 0.534. The van der Waals surface area contributed by atoms with Crippen molar-refractivity contribution < 1.29 is 19.1 Å². The molecule has 25 heavy (non-hydrogen) atoms. The number of Topliss-reactive ketones (excluding diaryl/α,β-unsaturated/α-hetero) is 1. The van der Waals surface area contributed by atoms with Crippen LogP contribution in [0.4, 0.5) is 0 Å². The molecule has 1 amide bonds. The maximum absolute atomic E-state index is 12.3. The number of esters is 1. The zero-order valence-corrected chi connectivity index (χ0v) is 15.9. The Morgan fingerprint density at radius 2 is 2.00 bits per heavy atom. The minimum Gasteiger partial charge on any atom is -0.454 e. The second-order valence-corrected chi connectivity index (χ2v) is 7.81. The summed E-state index contributed by atoms with van der Waals surface area (Å²) in [5.41, 5.74) is 0. The van der Waals surface area contributed by atoms with Crippen molar-refractivity contribution in [1.29, 1.82) is 0 Å². The molecule has 2 rings (SSSR count). The van der Waals surface area contributed by atoms with Gasteiger partial charge in [0.15, 0.2) is 6.10 Å². The largest absolute Gasteiger partial charge is 0.454 e. The molecule has 0 aliphatic rings. The van der Waals surface area contributed by atoms with Crippen LogP contribution < -0.4 is 5.32 Å². The lowest BCUT2D eigenvalue weighted by Crippen LogP contribution is -2.23. The number of hydrogen-bond donors (Lipinski definition) is 1. The summed E-state index contributed by atoms with van der Waals surface area (Å²) in [7, 11) is 0. The minimum atomic E-state index is -0.804. The van der Waals surface area contributed by atoms with Gasteiger partial charge >= 0.3 is 5.97 Å². The molecule has 2 aromatic heterocycles. The van der Waals surface area contributed by atoms with Gasteiger partial charge in [0, 0.05) is 23.1 Å². The molecule has 7 heteroatoms. The number of rotatable bonds is 9. The highest BCUT2D eigenvalue weighted by molar-refractivity contribution is 7.14. The maximum Gasteiger partial charge on any atom is 0.306 e. The molecule has 0 saturated carbocycles. The molecule has 0 bridgehead atoms. The van der Waals surface area contributed by atoms with Gasteiger partial charge in [0.2, 0.25) is 11.7 Å². The molecular weight excluding hydrogens is 358 g/mol. The Bertz CT molecular complexity index is 721. The fourth-order valence-electron chi connectivity index (χ4n) is 2.19. The Morgan fingerprint density at radius 3 is 2.68 bits per heavy atom. The van der Waals surface area contributed by atoms with E-state index >= 15 is 0 Å². The highest BCUT2D eigenvalue weighted by Gasteiger charge is 2.21. The topological polar surface area (TPSA) is 72.5 Å². The monoisotopic (exact) mass is 379 g/mol. The van der Waals surface area contributed by atoms with Gasteiger partial charge in [0.25, 0.3) is 0 Å². The van der Waals surface area contributed by atoms with Gasteiger partial charge in [-0.25, -0.2) is 0 Å². The van der Waals surface area contributed by atoms with Crippen LogP contribution in [0.2, 0.25) is 0 Å². The molecule has 134 valence electrons. The first-order chi connectivity index (χ1) is 12.0. The Kier molecular flexibility index (Phi) is 7.33. The molecule has 0 aliphatic heterocycles. The zero-order valence-electron chi connectivity index (χ0n) is 14.2. The summed E-state index contributed by atoms with van der Waals surface area (Å²) < 4.78 is 5.25. The summed E-state index contributed by atoms with van der Waals surface area (Å²) >= 11 is 2.97. The molecule has 2 aromatic rings. The molecule has 0 radical (unpaired) electrons. The van der Waals surface area contributed by atoms with E-state index in [0.29, 0.717) is 24.3 Å². The van der Waals surface area contributed by atoms with E-state index in [9.17, 15) is 14.4 Å². The fourth-order valence-corrected chi connectivity index (χ4v) is 3.91. The van der Waals surface area contributed by atoms with E-state index in [4.69, 9.17) is 4.74 Å². The lowest BCUT2D eigenvalue weighted by Gasteiger charge is -2.11. The van der Waals surface area contributed by atoms with Crippen molar-refractivity contribution in [3.8, 4) is 0 Å². The van der Waals surface area contributed by atoms with Gasteiger partial charge in [-0.05, 0) is 43.3 Å². The van der Waals surface area contributed by atoms with Crippen LogP contribution in [0, 0.1) is 0 Å². The average Bonchev–Trinajstić information content (AvgIpc) is 3.23. The van der Waals surface area contributed by atoms with E-state index in [1.165, 1.54) is 23.1 Å². The average molecular weight is 380 g/mol. The number of hydrogen-bond acceptors (Lipinski definition) is 6. The third-order valence-electron chi connectivity index (χ3n) is 3.48. The summed E-state index contributed by atoms with van der Waals surface area (Å²) in [6, 6.07) is 7.52. The molecule has 5 nitrogen and oxygen atoms in total. The van der Waals surface area contributed by atoms with E-state index in [2.05, 4.69) is 5.32 Å². The van der Waals surface area contributed by atoms with E-state index in [1.54, 1.807) is 30.4 Å². The van der Waals surface area contributed by atoms with Crippen molar-refractivity contribution in [1.82, 2.24) is 5.32 Å². The van der Waals surface area contributed by atoms with Crippen LogP contribution in [0.15, 0.2) is 29.6 Å². The zero-order chi connectivity index (χ0) is 18.2. The molecule has 0 aromatic carbocycles. The first kappa shape index (κ1) is 19.3. The normalized spacial score (nSPS) is 11.8. The predicted molar refractivity (Wildman–Crippen MR) is 99.0 cm³/mol. The molecule has 0 saturated heterocycles. The predicted octanol–water partition coefficient (Wildman–Crippen LogP) is 3.58. The van der Waals surface area contributed by atoms with E-state index in [1.807, 2.05) is 17.5 Å². The highest BCUT2D eigenvalue weighted by Crippen LogP contribution is 2.19. The first-order valence-corrected chi connectivity index (χ1v) is 9.74. The summed E-state index contributed by atoms with van der Waals surface area (Å²) in [5, 5.41) is 4.70. The highest BCUT2D eigenvalue weighted by atomic mass is 32.1. The Labute approximate surface area is 155 Å². The Hall–Kier alpha value is -1.99. The van der Waals surface area contributed by atoms with Gasteiger partial charge in [0.05, 0.1) is 11.4 Å².